The Morgan fingerprint density at radius 3 is 2.80 bits per heavy atom. The van der Waals surface area contributed by atoms with Gasteiger partial charge in [-0.05, 0) is 11.1 Å². The predicted molar refractivity (Wildman–Crippen MR) is 59.4 cm³/mol. The van der Waals surface area contributed by atoms with E-state index in [0.29, 0.717) is 0 Å². The van der Waals surface area contributed by atoms with Gasteiger partial charge in [-0.25, -0.2) is 0 Å². The Bertz CT molecular complexity index is 398. The van der Waals surface area contributed by atoms with E-state index in [1.807, 2.05) is 18.2 Å². The summed E-state index contributed by atoms with van der Waals surface area (Å²) in [6.45, 7) is 5.10. The second-order valence-corrected chi connectivity index (χ2v) is 4.69. The second kappa shape index (κ2) is 3.35. The minimum atomic E-state index is -0.339. The van der Waals surface area contributed by atoms with E-state index in [1.54, 1.807) is 0 Å². The Morgan fingerprint density at radius 2 is 2.13 bits per heavy atom. The van der Waals surface area contributed by atoms with Crippen LogP contribution in [0.4, 0.5) is 0 Å². The maximum Gasteiger partial charge on any atom is 0.239 e. The molecule has 0 saturated heterocycles. The van der Waals surface area contributed by atoms with Crippen molar-refractivity contribution >= 4 is 5.91 Å². The lowest BCUT2D eigenvalue weighted by Crippen LogP contribution is -2.46. The largest absolute Gasteiger partial charge is 0.368 e. The molecule has 0 saturated carbocycles. The van der Waals surface area contributed by atoms with Crippen LogP contribution in [0.2, 0.25) is 0 Å². The molecule has 3 heteroatoms. The fourth-order valence-corrected chi connectivity index (χ4v) is 2.18. The highest BCUT2D eigenvalue weighted by Gasteiger charge is 2.33. The maximum atomic E-state index is 11.3. The third-order valence-electron chi connectivity index (χ3n) is 3.03. The van der Waals surface area contributed by atoms with Crippen molar-refractivity contribution in [1.82, 2.24) is 5.32 Å². The minimum absolute atomic E-state index is 0.0581. The summed E-state index contributed by atoms with van der Waals surface area (Å²) in [5, 5.41) is 3.19. The molecule has 1 aromatic carbocycles. The lowest BCUT2D eigenvalue weighted by molar-refractivity contribution is -0.120. The van der Waals surface area contributed by atoms with Crippen LogP contribution in [0.3, 0.4) is 0 Å². The van der Waals surface area contributed by atoms with E-state index in [9.17, 15) is 4.79 Å². The van der Waals surface area contributed by atoms with Gasteiger partial charge in [0.05, 0.1) is 0 Å². The molecule has 80 valence electrons. The number of nitrogens with two attached hydrogens (primary N) is 1. The molecule has 1 aliphatic rings. The summed E-state index contributed by atoms with van der Waals surface area (Å²) in [5.74, 6) is -0.307. The fraction of sp³-hybridized carbons (Fsp3) is 0.417. The zero-order valence-electron chi connectivity index (χ0n) is 9.08. The number of benzene rings is 1. The van der Waals surface area contributed by atoms with Crippen LogP contribution in [0.25, 0.3) is 0 Å². The zero-order valence-corrected chi connectivity index (χ0v) is 9.08. The number of fused-ring (bicyclic) bond motifs is 1. The van der Waals surface area contributed by atoms with Gasteiger partial charge in [0, 0.05) is 12.0 Å². The topological polar surface area (TPSA) is 55.1 Å². The molecule has 1 amide bonds. The molecule has 1 aliphatic heterocycles. The molecule has 1 atom stereocenters. The zero-order chi connectivity index (χ0) is 11.1. The van der Waals surface area contributed by atoms with Crippen molar-refractivity contribution in [2.75, 3.05) is 6.54 Å². The Labute approximate surface area is 89.7 Å². The number of hydrogen-bond acceptors (Lipinski definition) is 2. The van der Waals surface area contributed by atoms with Crippen LogP contribution < -0.4 is 11.1 Å². The van der Waals surface area contributed by atoms with E-state index in [-0.39, 0.29) is 17.4 Å². The molecule has 0 fully saturated rings. The van der Waals surface area contributed by atoms with Crippen molar-refractivity contribution in [2.45, 2.75) is 25.3 Å². The normalized spacial score (nSPS) is 23.2. The maximum absolute atomic E-state index is 11.3. The van der Waals surface area contributed by atoms with E-state index in [1.165, 1.54) is 5.56 Å². The molecule has 1 heterocycles. The van der Waals surface area contributed by atoms with Crippen LogP contribution in [-0.2, 0) is 10.2 Å². The first-order chi connectivity index (χ1) is 7.02. The van der Waals surface area contributed by atoms with Crippen molar-refractivity contribution in [3.8, 4) is 0 Å². The molecule has 2 rings (SSSR count). The van der Waals surface area contributed by atoms with Crippen molar-refractivity contribution in [1.29, 1.82) is 0 Å². The molecule has 0 unspecified atom stereocenters. The third kappa shape index (κ3) is 1.63. The standard InChI is InChI=1S/C12H16N2O/c1-12(2)7-14-10(11(13)15)8-5-3-4-6-9(8)12/h3-6,10,14H,7H2,1-2H3,(H2,13,15)/t10-/m0/s1. The first-order valence-corrected chi connectivity index (χ1v) is 5.14. The summed E-state index contributed by atoms with van der Waals surface area (Å²) >= 11 is 0. The SMILES string of the molecule is CC1(C)CN[C@H](C(N)=O)c2ccccc21. The highest BCUT2D eigenvalue weighted by Crippen LogP contribution is 2.33. The smallest absolute Gasteiger partial charge is 0.239 e. The van der Waals surface area contributed by atoms with Gasteiger partial charge in [-0.1, -0.05) is 38.1 Å². The molecule has 1 aromatic rings. The second-order valence-electron chi connectivity index (χ2n) is 4.69. The van der Waals surface area contributed by atoms with Gasteiger partial charge in [-0.2, -0.15) is 0 Å². The number of amides is 1. The van der Waals surface area contributed by atoms with E-state index >= 15 is 0 Å². The average molecular weight is 204 g/mol. The van der Waals surface area contributed by atoms with E-state index in [0.717, 1.165) is 12.1 Å². The van der Waals surface area contributed by atoms with Crippen LogP contribution in [0.15, 0.2) is 24.3 Å². The van der Waals surface area contributed by atoms with Crippen molar-refractivity contribution in [3.63, 3.8) is 0 Å². The average Bonchev–Trinajstić information content (AvgIpc) is 2.17. The number of hydrogen-bond donors (Lipinski definition) is 2. The molecule has 3 N–H and O–H groups in total. The first kappa shape index (κ1) is 10.2. The van der Waals surface area contributed by atoms with Gasteiger partial charge in [-0.15, -0.1) is 0 Å². The van der Waals surface area contributed by atoms with Crippen LogP contribution in [-0.4, -0.2) is 12.5 Å². The van der Waals surface area contributed by atoms with E-state index in [4.69, 9.17) is 5.73 Å². The molecule has 3 nitrogen and oxygen atoms in total. The van der Waals surface area contributed by atoms with Gasteiger partial charge in [0.1, 0.15) is 6.04 Å². The monoisotopic (exact) mass is 204 g/mol. The number of nitrogens with one attached hydrogen (secondary N) is 1. The summed E-state index contributed by atoms with van der Waals surface area (Å²) in [5.41, 5.74) is 7.66. The quantitative estimate of drug-likeness (QED) is 0.719. The van der Waals surface area contributed by atoms with Gasteiger partial charge in [0.15, 0.2) is 0 Å². The molecule has 0 radical (unpaired) electrons. The van der Waals surface area contributed by atoms with E-state index < -0.39 is 0 Å². The molecular formula is C12H16N2O. The van der Waals surface area contributed by atoms with Crippen molar-refractivity contribution in [2.24, 2.45) is 5.73 Å². The van der Waals surface area contributed by atoms with Crippen LogP contribution in [0, 0.1) is 0 Å². The van der Waals surface area contributed by atoms with Gasteiger partial charge in [0.2, 0.25) is 5.91 Å². The molecule has 15 heavy (non-hydrogen) atoms. The lowest BCUT2D eigenvalue weighted by Gasteiger charge is -2.36. The Kier molecular flexibility index (Phi) is 2.27. The minimum Gasteiger partial charge on any atom is -0.368 e. The summed E-state index contributed by atoms with van der Waals surface area (Å²) in [7, 11) is 0. The number of rotatable bonds is 1. The Balaban J connectivity index is 2.53. The summed E-state index contributed by atoms with van der Waals surface area (Å²) in [6, 6.07) is 7.65. The summed E-state index contributed by atoms with van der Waals surface area (Å²) < 4.78 is 0. The molecule has 0 spiro atoms. The molecule has 0 aliphatic carbocycles. The molecular weight excluding hydrogens is 188 g/mol. The van der Waals surface area contributed by atoms with Crippen LogP contribution >= 0.6 is 0 Å². The van der Waals surface area contributed by atoms with Gasteiger partial charge >= 0.3 is 0 Å². The summed E-state index contributed by atoms with van der Waals surface area (Å²) in [6.07, 6.45) is 0. The van der Waals surface area contributed by atoms with Crippen molar-refractivity contribution in [3.05, 3.63) is 35.4 Å². The number of primary amides is 1. The predicted octanol–water partition coefficient (Wildman–Crippen LogP) is 1.09. The Hall–Kier alpha value is -1.35. The summed E-state index contributed by atoms with van der Waals surface area (Å²) in [4.78, 5) is 11.3. The van der Waals surface area contributed by atoms with Gasteiger partial charge in [0.25, 0.3) is 0 Å². The lowest BCUT2D eigenvalue weighted by atomic mass is 9.76. The number of carbonyl (C=O) groups is 1. The molecule has 0 aromatic heterocycles. The fourth-order valence-electron chi connectivity index (χ4n) is 2.18. The third-order valence-corrected chi connectivity index (χ3v) is 3.03. The highest BCUT2D eigenvalue weighted by atomic mass is 16.1. The van der Waals surface area contributed by atoms with Crippen LogP contribution in [0.1, 0.15) is 31.0 Å². The first-order valence-electron chi connectivity index (χ1n) is 5.14. The van der Waals surface area contributed by atoms with Gasteiger partial charge in [-0.3, -0.25) is 4.79 Å². The number of carbonyl (C=O) groups excluding carboxylic acids is 1. The highest BCUT2D eigenvalue weighted by molar-refractivity contribution is 5.82. The van der Waals surface area contributed by atoms with Crippen molar-refractivity contribution < 1.29 is 4.79 Å². The Morgan fingerprint density at radius 1 is 1.47 bits per heavy atom. The molecule has 0 bridgehead atoms. The van der Waals surface area contributed by atoms with Crippen LogP contribution in [0.5, 0.6) is 0 Å². The van der Waals surface area contributed by atoms with Gasteiger partial charge < -0.3 is 11.1 Å². The van der Waals surface area contributed by atoms with E-state index in [2.05, 4.69) is 25.2 Å².